The first kappa shape index (κ1) is 76.6. The lowest BCUT2D eigenvalue weighted by Crippen LogP contribution is -2.30. The molecule has 79 heavy (non-hydrogen) atoms. The van der Waals surface area contributed by atoms with E-state index in [0.717, 1.165) is 77.0 Å². The van der Waals surface area contributed by atoms with Crippen molar-refractivity contribution in [3.63, 3.8) is 0 Å². The molecule has 1 unspecified atom stereocenters. The molecule has 0 N–H and O–H groups in total. The Morgan fingerprint density at radius 1 is 0.253 bits per heavy atom. The third kappa shape index (κ3) is 66.3. The molecular weight excluding hydrogens is 973 g/mol. The van der Waals surface area contributed by atoms with Gasteiger partial charge in [-0.25, -0.2) is 0 Å². The number of carbonyl (C=O) groups is 3. The van der Waals surface area contributed by atoms with Crippen LogP contribution in [0.1, 0.15) is 393 Å². The van der Waals surface area contributed by atoms with E-state index in [-0.39, 0.29) is 31.1 Å². The van der Waals surface area contributed by atoms with Gasteiger partial charge < -0.3 is 14.2 Å². The largest absolute Gasteiger partial charge is 0.462 e. The Balaban J connectivity index is 4.11. The lowest BCUT2D eigenvalue weighted by atomic mass is 10.0. The van der Waals surface area contributed by atoms with Gasteiger partial charge in [-0.3, -0.25) is 14.4 Å². The van der Waals surface area contributed by atoms with Crippen LogP contribution in [0, 0.1) is 0 Å². The van der Waals surface area contributed by atoms with Gasteiger partial charge in [0.15, 0.2) is 6.10 Å². The van der Waals surface area contributed by atoms with Crippen molar-refractivity contribution in [1.29, 1.82) is 0 Å². The number of unbranched alkanes of at least 4 members (excludes halogenated alkanes) is 49. The summed E-state index contributed by atoms with van der Waals surface area (Å²) in [6, 6.07) is 0. The predicted octanol–water partition coefficient (Wildman–Crippen LogP) is 24.3. The molecule has 1 atom stereocenters. The van der Waals surface area contributed by atoms with Crippen molar-refractivity contribution < 1.29 is 28.6 Å². The Morgan fingerprint density at radius 2 is 0.456 bits per heavy atom. The van der Waals surface area contributed by atoms with Gasteiger partial charge in [0.2, 0.25) is 0 Å². The van der Waals surface area contributed by atoms with Crippen LogP contribution in [-0.4, -0.2) is 37.2 Å². The van der Waals surface area contributed by atoms with E-state index in [4.69, 9.17) is 14.2 Å². The molecule has 0 aromatic carbocycles. The van der Waals surface area contributed by atoms with E-state index in [9.17, 15) is 14.4 Å². The number of hydrogen-bond acceptors (Lipinski definition) is 6. The van der Waals surface area contributed by atoms with E-state index in [0.29, 0.717) is 19.3 Å². The number of allylic oxidation sites excluding steroid dienone is 6. The Morgan fingerprint density at radius 3 is 0.734 bits per heavy atom. The smallest absolute Gasteiger partial charge is 0.306 e. The van der Waals surface area contributed by atoms with Crippen molar-refractivity contribution >= 4 is 17.9 Å². The van der Waals surface area contributed by atoms with Gasteiger partial charge in [0.05, 0.1) is 0 Å². The molecule has 6 nitrogen and oxygen atoms in total. The quantitative estimate of drug-likeness (QED) is 0.0261. The summed E-state index contributed by atoms with van der Waals surface area (Å²) in [4.78, 5) is 38.3. The van der Waals surface area contributed by atoms with Crippen LogP contribution < -0.4 is 0 Å². The van der Waals surface area contributed by atoms with Gasteiger partial charge in [0, 0.05) is 19.3 Å². The van der Waals surface area contributed by atoms with Crippen molar-refractivity contribution in [3.8, 4) is 0 Å². The summed E-state index contributed by atoms with van der Waals surface area (Å²) < 4.78 is 16.9. The van der Waals surface area contributed by atoms with Gasteiger partial charge in [-0.05, 0) is 57.8 Å². The fourth-order valence-electron chi connectivity index (χ4n) is 10.8. The molecule has 0 aliphatic heterocycles. The lowest BCUT2D eigenvalue weighted by Gasteiger charge is -2.18. The van der Waals surface area contributed by atoms with Gasteiger partial charge in [0.1, 0.15) is 13.2 Å². The SMILES string of the molecule is CCCCC/C=C\C/C=C\C/C=C\CCCCCCCCC(=O)OC(COC(=O)CCCCCCCCCCCCC)COC(=O)CCCCCCCCCCCCCCCCCCCCCCCCCCCCCCCCC. The van der Waals surface area contributed by atoms with Crippen molar-refractivity contribution in [2.45, 2.75) is 399 Å². The minimum atomic E-state index is -0.776. The third-order valence-corrected chi connectivity index (χ3v) is 16.1. The molecule has 0 saturated carbocycles. The fraction of sp³-hybridized carbons (Fsp3) is 0.877. The van der Waals surface area contributed by atoms with Crippen LogP contribution in [-0.2, 0) is 28.6 Å². The second-order valence-corrected chi connectivity index (χ2v) is 24.2. The highest BCUT2D eigenvalue weighted by atomic mass is 16.6. The summed E-state index contributed by atoms with van der Waals surface area (Å²) in [6.07, 6.45) is 84.8. The van der Waals surface area contributed by atoms with Crippen molar-refractivity contribution in [2.75, 3.05) is 13.2 Å². The zero-order valence-electron chi connectivity index (χ0n) is 53.4. The molecule has 0 fully saturated rings. The molecule has 464 valence electrons. The van der Waals surface area contributed by atoms with Crippen LogP contribution in [0.15, 0.2) is 36.5 Å². The van der Waals surface area contributed by atoms with E-state index in [1.807, 2.05) is 0 Å². The average Bonchev–Trinajstić information content (AvgIpc) is 3.45. The van der Waals surface area contributed by atoms with E-state index in [1.165, 1.54) is 276 Å². The predicted molar refractivity (Wildman–Crippen MR) is 344 cm³/mol. The molecule has 0 spiro atoms. The zero-order chi connectivity index (χ0) is 57.1. The maximum atomic E-state index is 12.9. The molecule has 0 rings (SSSR count). The summed E-state index contributed by atoms with van der Waals surface area (Å²) >= 11 is 0. The van der Waals surface area contributed by atoms with Gasteiger partial charge >= 0.3 is 17.9 Å². The second-order valence-electron chi connectivity index (χ2n) is 24.2. The van der Waals surface area contributed by atoms with Crippen molar-refractivity contribution in [3.05, 3.63) is 36.5 Å². The van der Waals surface area contributed by atoms with Gasteiger partial charge in [-0.2, -0.15) is 0 Å². The minimum Gasteiger partial charge on any atom is -0.462 e. The van der Waals surface area contributed by atoms with Crippen LogP contribution in [0.4, 0.5) is 0 Å². The highest BCUT2D eigenvalue weighted by Gasteiger charge is 2.19. The molecule has 0 saturated heterocycles. The second kappa shape index (κ2) is 68.1. The monoisotopic (exact) mass is 1110 g/mol. The minimum absolute atomic E-state index is 0.0722. The van der Waals surface area contributed by atoms with Crippen LogP contribution in [0.3, 0.4) is 0 Å². The third-order valence-electron chi connectivity index (χ3n) is 16.1. The number of rotatable bonds is 66. The molecule has 6 heteroatoms. The van der Waals surface area contributed by atoms with Crippen LogP contribution in [0.2, 0.25) is 0 Å². The van der Waals surface area contributed by atoms with Gasteiger partial charge in [-0.1, -0.05) is 353 Å². The van der Waals surface area contributed by atoms with Crippen molar-refractivity contribution in [2.24, 2.45) is 0 Å². The molecule has 0 radical (unpaired) electrons. The maximum Gasteiger partial charge on any atom is 0.306 e. The van der Waals surface area contributed by atoms with Crippen LogP contribution >= 0.6 is 0 Å². The number of carbonyl (C=O) groups excluding carboxylic acids is 3. The van der Waals surface area contributed by atoms with E-state index >= 15 is 0 Å². The molecule has 0 aliphatic carbocycles. The standard InChI is InChI=1S/C73H136O6/c1-4-7-10-13-16-19-22-24-26-28-30-31-32-33-34-35-36-37-38-39-40-41-43-44-46-48-51-54-57-60-63-66-72(75)78-69-70(68-77-71(74)65-62-59-56-53-50-21-18-15-12-9-6-3)79-73(76)67-64-61-58-55-52-49-47-45-42-29-27-25-23-20-17-14-11-8-5-2/h17,20,25,27,42,45,70H,4-16,18-19,21-24,26,28-41,43-44,46-69H2,1-3H3/b20-17-,27-25-,45-42-. The Bertz CT molecular complexity index is 1320. The summed E-state index contributed by atoms with van der Waals surface area (Å²) in [5.74, 6) is -0.859. The van der Waals surface area contributed by atoms with E-state index in [2.05, 4.69) is 57.2 Å². The lowest BCUT2D eigenvalue weighted by molar-refractivity contribution is -0.167. The summed E-state index contributed by atoms with van der Waals surface area (Å²) in [5.41, 5.74) is 0. The fourth-order valence-corrected chi connectivity index (χ4v) is 10.8. The number of ether oxygens (including phenoxy) is 3. The first-order chi connectivity index (χ1) is 39.0. The molecule has 0 aromatic heterocycles. The zero-order valence-corrected chi connectivity index (χ0v) is 53.4. The van der Waals surface area contributed by atoms with Gasteiger partial charge in [-0.15, -0.1) is 0 Å². The number of hydrogen-bond donors (Lipinski definition) is 0. The van der Waals surface area contributed by atoms with E-state index in [1.54, 1.807) is 0 Å². The first-order valence-electron chi connectivity index (χ1n) is 35.5. The summed E-state index contributed by atoms with van der Waals surface area (Å²) in [6.45, 7) is 6.66. The Hall–Kier alpha value is -2.37. The molecule has 0 bridgehead atoms. The molecule has 0 heterocycles. The van der Waals surface area contributed by atoms with Gasteiger partial charge in [0.25, 0.3) is 0 Å². The Labute approximate surface area is 493 Å². The average molecular weight is 1110 g/mol. The molecule has 0 aliphatic rings. The van der Waals surface area contributed by atoms with Crippen LogP contribution in [0.25, 0.3) is 0 Å². The Kier molecular flexibility index (Phi) is 66.1. The normalized spacial score (nSPS) is 12.2. The highest BCUT2D eigenvalue weighted by Crippen LogP contribution is 2.19. The summed E-state index contributed by atoms with van der Waals surface area (Å²) in [7, 11) is 0. The molecule has 0 amide bonds. The highest BCUT2D eigenvalue weighted by molar-refractivity contribution is 5.71. The topological polar surface area (TPSA) is 78.9 Å². The molecular formula is C73H136O6. The maximum absolute atomic E-state index is 12.9. The summed E-state index contributed by atoms with van der Waals surface area (Å²) in [5, 5.41) is 0. The molecule has 0 aromatic rings. The van der Waals surface area contributed by atoms with E-state index < -0.39 is 6.10 Å². The van der Waals surface area contributed by atoms with Crippen LogP contribution in [0.5, 0.6) is 0 Å². The van der Waals surface area contributed by atoms with Crippen molar-refractivity contribution in [1.82, 2.24) is 0 Å². The first-order valence-corrected chi connectivity index (χ1v) is 35.5. The number of esters is 3.